The largest absolute Gasteiger partial charge is 0.496 e. The van der Waals surface area contributed by atoms with Crippen LogP contribution in [0.4, 0.5) is 0 Å². The maximum Gasteiger partial charge on any atom is 0.128 e. The summed E-state index contributed by atoms with van der Waals surface area (Å²) in [5, 5.41) is 0.971. The molecule has 3 heteroatoms. The van der Waals surface area contributed by atoms with Crippen LogP contribution >= 0.6 is 15.9 Å². The van der Waals surface area contributed by atoms with Crippen molar-refractivity contribution in [3.63, 3.8) is 0 Å². The van der Waals surface area contributed by atoms with E-state index in [4.69, 9.17) is 4.74 Å². The second-order valence-electron chi connectivity index (χ2n) is 5.46. The van der Waals surface area contributed by atoms with E-state index in [-0.39, 0.29) is 0 Å². The molecule has 0 saturated heterocycles. The Morgan fingerprint density at radius 1 is 1.14 bits per heavy atom. The van der Waals surface area contributed by atoms with Crippen LogP contribution in [0.15, 0.2) is 36.5 Å². The monoisotopic (exact) mass is 347 g/mol. The summed E-state index contributed by atoms with van der Waals surface area (Å²) in [7, 11) is 1.73. The predicted molar refractivity (Wildman–Crippen MR) is 91.4 cm³/mol. The van der Waals surface area contributed by atoms with Crippen LogP contribution in [0.5, 0.6) is 5.75 Å². The number of hydrogen-bond acceptors (Lipinski definition) is 2. The Balaban J connectivity index is 2.15. The molecule has 1 aromatic carbocycles. The molecule has 0 spiro atoms. The summed E-state index contributed by atoms with van der Waals surface area (Å²) in [6.07, 6.45) is 3.93. The minimum atomic E-state index is 0.533. The van der Waals surface area contributed by atoms with Gasteiger partial charge in [-0.1, -0.05) is 46.3 Å². The lowest BCUT2D eigenvalue weighted by Crippen LogP contribution is -2.12. The molecule has 112 valence electrons. The van der Waals surface area contributed by atoms with Gasteiger partial charge < -0.3 is 4.74 Å². The third-order valence-corrected chi connectivity index (χ3v) is 4.73. The van der Waals surface area contributed by atoms with Crippen molar-refractivity contribution in [3.8, 4) is 5.75 Å². The molecule has 1 heterocycles. The molecule has 1 unspecified atom stereocenters. The van der Waals surface area contributed by atoms with Crippen molar-refractivity contribution in [3.05, 3.63) is 58.9 Å². The highest BCUT2D eigenvalue weighted by molar-refractivity contribution is 9.09. The first-order valence-electron chi connectivity index (χ1n) is 7.24. The molecule has 0 bridgehead atoms. The lowest BCUT2D eigenvalue weighted by Gasteiger charge is -2.17. The van der Waals surface area contributed by atoms with Crippen molar-refractivity contribution in [2.75, 3.05) is 12.4 Å². The van der Waals surface area contributed by atoms with Crippen LogP contribution in [0.2, 0.25) is 0 Å². The van der Waals surface area contributed by atoms with E-state index in [9.17, 15) is 0 Å². The van der Waals surface area contributed by atoms with E-state index in [2.05, 4.69) is 58.2 Å². The van der Waals surface area contributed by atoms with Gasteiger partial charge in [-0.2, -0.15) is 0 Å². The number of aryl methyl sites for hydroxylation is 1. The van der Waals surface area contributed by atoms with Gasteiger partial charge in [0.1, 0.15) is 5.75 Å². The molecule has 2 nitrogen and oxygen atoms in total. The van der Waals surface area contributed by atoms with Gasteiger partial charge in [-0.3, -0.25) is 4.98 Å². The first-order chi connectivity index (χ1) is 10.2. The fraction of sp³-hybridized carbons (Fsp3) is 0.389. The van der Waals surface area contributed by atoms with Crippen LogP contribution in [-0.4, -0.2) is 17.4 Å². The van der Waals surface area contributed by atoms with Gasteiger partial charge in [-0.25, -0.2) is 0 Å². The summed E-state index contributed by atoms with van der Waals surface area (Å²) in [5.74, 6) is 1.50. The van der Waals surface area contributed by atoms with E-state index in [1.165, 1.54) is 5.56 Å². The van der Waals surface area contributed by atoms with Crippen LogP contribution < -0.4 is 4.74 Å². The van der Waals surface area contributed by atoms with Gasteiger partial charge in [0.25, 0.3) is 0 Å². The molecule has 0 aliphatic rings. The summed E-state index contributed by atoms with van der Waals surface area (Å²) in [5.41, 5.74) is 4.77. The van der Waals surface area contributed by atoms with Crippen molar-refractivity contribution in [1.29, 1.82) is 0 Å². The number of rotatable bonds is 6. The van der Waals surface area contributed by atoms with E-state index in [1.807, 2.05) is 13.1 Å². The number of alkyl halides is 1. The van der Waals surface area contributed by atoms with Crippen LogP contribution in [0.1, 0.15) is 22.4 Å². The molecule has 0 fully saturated rings. The molecule has 21 heavy (non-hydrogen) atoms. The fourth-order valence-electron chi connectivity index (χ4n) is 2.68. The summed E-state index contributed by atoms with van der Waals surface area (Å²) in [6, 6.07) is 10.6. The van der Waals surface area contributed by atoms with Crippen LogP contribution in [0.25, 0.3) is 0 Å². The second-order valence-corrected chi connectivity index (χ2v) is 6.11. The predicted octanol–water partition coefficient (Wildman–Crippen LogP) is 4.50. The van der Waals surface area contributed by atoms with E-state index < -0.39 is 0 Å². The normalized spacial score (nSPS) is 12.2. The molecule has 0 amide bonds. The van der Waals surface area contributed by atoms with Crippen molar-refractivity contribution in [1.82, 2.24) is 4.98 Å². The van der Waals surface area contributed by atoms with Crippen molar-refractivity contribution in [2.45, 2.75) is 26.7 Å². The maximum absolute atomic E-state index is 5.50. The SMILES string of the molecule is COc1c(C)cnc(CC(CBr)Cc2ccccc2)c1C. The number of nitrogens with zero attached hydrogens (tertiary/aromatic N) is 1. The molecule has 1 atom stereocenters. The van der Waals surface area contributed by atoms with Gasteiger partial charge in [-0.15, -0.1) is 0 Å². The molecular weight excluding hydrogens is 326 g/mol. The van der Waals surface area contributed by atoms with Crippen LogP contribution in [0.3, 0.4) is 0 Å². The summed E-state index contributed by atoms with van der Waals surface area (Å²) < 4.78 is 5.50. The lowest BCUT2D eigenvalue weighted by atomic mass is 9.94. The Bertz CT molecular complexity index is 583. The molecule has 0 aliphatic heterocycles. The third-order valence-electron chi connectivity index (χ3n) is 3.82. The number of hydrogen-bond donors (Lipinski definition) is 0. The highest BCUT2D eigenvalue weighted by atomic mass is 79.9. The quantitative estimate of drug-likeness (QED) is 0.717. The number of benzene rings is 1. The minimum absolute atomic E-state index is 0.533. The maximum atomic E-state index is 5.50. The molecule has 0 radical (unpaired) electrons. The van der Waals surface area contributed by atoms with Crippen LogP contribution in [-0.2, 0) is 12.8 Å². The average molecular weight is 348 g/mol. The van der Waals surface area contributed by atoms with Gasteiger partial charge in [0, 0.05) is 28.3 Å². The van der Waals surface area contributed by atoms with E-state index in [0.29, 0.717) is 5.92 Å². The van der Waals surface area contributed by atoms with Gasteiger partial charge in [0.15, 0.2) is 0 Å². The Labute approximate surface area is 135 Å². The van der Waals surface area contributed by atoms with E-state index in [0.717, 1.165) is 40.7 Å². The number of halogens is 1. The molecular formula is C18H22BrNO. The summed E-state index contributed by atoms with van der Waals surface area (Å²) >= 11 is 3.65. The number of pyridine rings is 1. The molecule has 0 N–H and O–H groups in total. The Hall–Kier alpha value is -1.35. The zero-order chi connectivity index (χ0) is 15.2. The van der Waals surface area contributed by atoms with Gasteiger partial charge in [-0.05, 0) is 38.2 Å². The summed E-state index contributed by atoms with van der Waals surface area (Å²) in [6.45, 7) is 4.14. The zero-order valence-corrected chi connectivity index (χ0v) is 14.5. The first kappa shape index (κ1) is 16.0. The van der Waals surface area contributed by atoms with Crippen molar-refractivity contribution in [2.24, 2.45) is 5.92 Å². The van der Waals surface area contributed by atoms with Gasteiger partial charge in [0.05, 0.1) is 7.11 Å². The third kappa shape index (κ3) is 4.07. The highest BCUT2D eigenvalue weighted by Gasteiger charge is 2.15. The van der Waals surface area contributed by atoms with E-state index >= 15 is 0 Å². The lowest BCUT2D eigenvalue weighted by molar-refractivity contribution is 0.406. The van der Waals surface area contributed by atoms with Crippen molar-refractivity contribution >= 4 is 15.9 Å². The van der Waals surface area contributed by atoms with Crippen LogP contribution in [0, 0.1) is 19.8 Å². The number of ether oxygens (including phenoxy) is 1. The number of aromatic nitrogens is 1. The minimum Gasteiger partial charge on any atom is -0.496 e. The molecule has 0 saturated carbocycles. The first-order valence-corrected chi connectivity index (χ1v) is 8.36. The topological polar surface area (TPSA) is 22.1 Å². The highest BCUT2D eigenvalue weighted by Crippen LogP contribution is 2.26. The number of methoxy groups -OCH3 is 1. The van der Waals surface area contributed by atoms with Gasteiger partial charge in [0.2, 0.25) is 0 Å². The fourth-order valence-corrected chi connectivity index (χ4v) is 3.14. The Morgan fingerprint density at radius 3 is 2.48 bits per heavy atom. The standard InChI is InChI=1S/C18H22BrNO/c1-13-12-20-17(14(2)18(13)21-3)10-16(11-19)9-15-7-5-4-6-8-15/h4-8,12,16H,9-11H2,1-3H3. The molecule has 1 aromatic heterocycles. The Morgan fingerprint density at radius 2 is 1.86 bits per heavy atom. The van der Waals surface area contributed by atoms with Crippen molar-refractivity contribution < 1.29 is 4.74 Å². The van der Waals surface area contributed by atoms with E-state index in [1.54, 1.807) is 7.11 Å². The average Bonchev–Trinajstić information content (AvgIpc) is 2.50. The smallest absolute Gasteiger partial charge is 0.128 e. The Kier molecular flexibility index (Phi) is 5.80. The zero-order valence-electron chi connectivity index (χ0n) is 12.9. The van der Waals surface area contributed by atoms with Gasteiger partial charge >= 0.3 is 0 Å². The second kappa shape index (κ2) is 7.60. The molecule has 2 aromatic rings. The molecule has 2 rings (SSSR count). The molecule has 0 aliphatic carbocycles. The summed E-state index contributed by atoms with van der Waals surface area (Å²) in [4.78, 5) is 4.61.